The van der Waals surface area contributed by atoms with E-state index in [2.05, 4.69) is 26.9 Å². The molecule has 2 aromatic carbocycles. The molecule has 2 aromatic rings. The van der Waals surface area contributed by atoms with Crippen molar-refractivity contribution in [2.24, 2.45) is 0 Å². The van der Waals surface area contributed by atoms with Crippen LogP contribution in [0.4, 0.5) is 5.69 Å². The molecule has 34 heavy (non-hydrogen) atoms. The molecule has 2 fully saturated rings. The number of halogens is 2. The summed E-state index contributed by atoms with van der Waals surface area (Å²) in [6, 6.07) is 13.4. The number of piperidine rings is 1. The van der Waals surface area contributed by atoms with E-state index < -0.39 is 0 Å². The Morgan fingerprint density at radius 2 is 1.91 bits per heavy atom. The fraction of sp³-hybridized carbons (Fsp3) is 0.423. The summed E-state index contributed by atoms with van der Waals surface area (Å²) >= 11 is 12.2. The number of anilines is 1. The van der Waals surface area contributed by atoms with Crippen molar-refractivity contribution in [2.45, 2.75) is 31.7 Å². The summed E-state index contributed by atoms with van der Waals surface area (Å²) in [6.45, 7) is 4.76. The van der Waals surface area contributed by atoms with Gasteiger partial charge in [-0.1, -0.05) is 35.7 Å². The van der Waals surface area contributed by atoms with Crippen molar-refractivity contribution in [1.82, 2.24) is 15.5 Å². The third kappa shape index (κ3) is 7.12. The summed E-state index contributed by atoms with van der Waals surface area (Å²) in [4.78, 5) is 14.9. The fourth-order valence-electron chi connectivity index (χ4n) is 4.23. The first-order chi connectivity index (χ1) is 16.6. The first-order valence-electron chi connectivity index (χ1n) is 12.0. The second-order valence-electron chi connectivity index (χ2n) is 8.65. The van der Waals surface area contributed by atoms with Gasteiger partial charge in [0.15, 0.2) is 0 Å². The summed E-state index contributed by atoms with van der Waals surface area (Å²) in [5, 5.41) is 11.3. The Morgan fingerprint density at radius 3 is 2.62 bits per heavy atom. The van der Waals surface area contributed by atoms with Crippen LogP contribution in [-0.4, -0.2) is 56.2 Å². The highest BCUT2D eigenvalue weighted by Crippen LogP contribution is 2.21. The molecule has 1 amide bonds. The molecular formula is C26H32Cl2N4O2. The van der Waals surface area contributed by atoms with Crippen LogP contribution in [0.15, 0.2) is 54.4 Å². The van der Waals surface area contributed by atoms with E-state index in [0.717, 1.165) is 56.3 Å². The topological polar surface area (TPSA) is 65.6 Å². The number of nitrogens with one attached hydrogen (secondary N) is 3. The van der Waals surface area contributed by atoms with Crippen LogP contribution in [0, 0.1) is 0 Å². The van der Waals surface area contributed by atoms with Crippen molar-refractivity contribution < 1.29 is 9.53 Å². The zero-order valence-electron chi connectivity index (χ0n) is 19.3. The van der Waals surface area contributed by atoms with Crippen LogP contribution in [0.2, 0.25) is 10.0 Å². The van der Waals surface area contributed by atoms with E-state index in [1.54, 1.807) is 12.1 Å². The monoisotopic (exact) mass is 502 g/mol. The predicted octanol–water partition coefficient (Wildman–Crippen LogP) is 4.69. The average Bonchev–Trinajstić information content (AvgIpc) is 2.86. The van der Waals surface area contributed by atoms with Crippen molar-refractivity contribution in [3.05, 3.63) is 75.5 Å². The van der Waals surface area contributed by atoms with E-state index in [-0.39, 0.29) is 5.91 Å². The third-order valence-corrected chi connectivity index (χ3v) is 6.76. The molecular weight excluding hydrogens is 471 g/mol. The van der Waals surface area contributed by atoms with Crippen LogP contribution in [0.25, 0.3) is 0 Å². The molecule has 0 aromatic heterocycles. The maximum atomic E-state index is 12.6. The minimum atomic E-state index is -0.105. The van der Waals surface area contributed by atoms with Crippen molar-refractivity contribution in [3.8, 4) is 0 Å². The molecule has 2 heterocycles. The van der Waals surface area contributed by atoms with Gasteiger partial charge in [-0.15, -0.1) is 0 Å². The molecule has 0 aliphatic carbocycles. The van der Waals surface area contributed by atoms with Crippen LogP contribution >= 0.6 is 23.2 Å². The van der Waals surface area contributed by atoms with Crippen LogP contribution < -0.4 is 16.0 Å². The molecule has 6 nitrogen and oxygen atoms in total. The van der Waals surface area contributed by atoms with Gasteiger partial charge >= 0.3 is 0 Å². The average molecular weight is 503 g/mol. The van der Waals surface area contributed by atoms with Crippen LogP contribution in [0.5, 0.6) is 0 Å². The number of hydrogen-bond acceptors (Lipinski definition) is 5. The molecule has 1 unspecified atom stereocenters. The Kier molecular flexibility index (Phi) is 9.11. The van der Waals surface area contributed by atoms with E-state index in [1.807, 2.05) is 30.3 Å². The summed E-state index contributed by atoms with van der Waals surface area (Å²) in [5.74, 6) is 0.992. The Bertz CT molecular complexity index is 985. The molecule has 0 spiro atoms. The summed E-state index contributed by atoms with van der Waals surface area (Å²) in [7, 11) is 0. The molecule has 2 aliphatic heterocycles. The van der Waals surface area contributed by atoms with Gasteiger partial charge in [-0.2, -0.15) is 0 Å². The zero-order chi connectivity index (χ0) is 23.8. The quantitative estimate of drug-likeness (QED) is 0.488. The highest BCUT2D eigenvalue weighted by Gasteiger charge is 2.18. The molecule has 0 saturated carbocycles. The first kappa shape index (κ1) is 24.9. The first-order valence-corrected chi connectivity index (χ1v) is 12.7. The third-order valence-electron chi connectivity index (χ3n) is 6.17. The number of hydrogen-bond donors (Lipinski definition) is 3. The number of rotatable bonds is 8. The number of ether oxygens (including phenoxy) is 1. The molecule has 3 N–H and O–H groups in total. The van der Waals surface area contributed by atoms with E-state index >= 15 is 0 Å². The number of carbonyl (C=O) groups is 1. The predicted molar refractivity (Wildman–Crippen MR) is 139 cm³/mol. The van der Waals surface area contributed by atoms with Gasteiger partial charge in [0.25, 0.3) is 5.91 Å². The molecule has 4 rings (SSSR count). The Morgan fingerprint density at radius 1 is 1.12 bits per heavy atom. The maximum absolute atomic E-state index is 12.6. The van der Waals surface area contributed by atoms with Gasteiger partial charge in [-0.3, -0.25) is 4.79 Å². The minimum absolute atomic E-state index is 0.105. The van der Waals surface area contributed by atoms with Crippen molar-refractivity contribution in [3.63, 3.8) is 0 Å². The van der Waals surface area contributed by atoms with Crippen LogP contribution in [0.1, 0.15) is 35.2 Å². The smallest absolute Gasteiger partial charge is 0.251 e. The molecule has 0 radical (unpaired) electrons. The largest absolute Gasteiger partial charge is 0.378 e. The Labute approximate surface area is 211 Å². The minimum Gasteiger partial charge on any atom is -0.378 e. The number of nitrogens with zero attached hydrogens (tertiary/aromatic N) is 1. The summed E-state index contributed by atoms with van der Waals surface area (Å²) in [6.07, 6.45) is 6.58. The van der Waals surface area contributed by atoms with Gasteiger partial charge in [0.05, 0.1) is 13.2 Å². The Hall–Kier alpha value is -2.25. The molecule has 1 atom stereocenters. The summed E-state index contributed by atoms with van der Waals surface area (Å²) in [5.41, 5.74) is 2.54. The van der Waals surface area contributed by atoms with E-state index in [4.69, 9.17) is 27.9 Å². The standard InChI is InChI=1S/C26H32Cl2N4O2/c27-21-7-4-19(24(28)17-21)10-12-30-26(33)20-5-8-22(9-6-20)31-25(32-13-15-34-16-14-32)18-23-3-1-2-11-29-23/h4-9,17-18,23,29,31H,1-3,10-16H2,(H,30,33)/b25-18-. The molecule has 8 heteroatoms. The van der Waals surface area contributed by atoms with E-state index in [9.17, 15) is 4.79 Å². The SMILES string of the molecule is O=C(NCCc1ccc(Cl)cc1Cl)c1ccc(N/C(=C/C2CCCCN2)N2CCOCC2)cc1. The van der Waals surface area contributed by atoms with Gasteiger partial charge in [-0.05, 0) is 73.8 Å². The number of amides is 1. The number of morpholine rings is 1. The highest BCUT2D eigenvalue weighted by atomic mass is 35.5. The van der Waals surface area contributed by atoms with Gasteiger partial charge in [0.1, 0.15) is 5.82 Å². The lowest BCUT2D eigenvalue weighted by Crippen LogP contribution is -2.40. The second kappa shape index (κ2) is 12.5. The lowest BCUT2D eigenvalue weighted by atomic mass is 10.0. The lowest BCUT2D eigenvalue weighted by Gasteiger charge is -2.33. The second-order valence-corrected chi connectivity index (χ2v) is 9.50. The molecule has 2 aliphatic rings. The fourth-order valence-corrected chi connectivity index (χ4v) is 4.73. The van der Waals surface area contributed by atoms with Gasteiger partial charge < -0.3 is 25.6 Å². The lowest BCUT2D eigenvalue weighted by molar-refractivity contribution is 0.0540. The highest BCUT2D eigenvalue weighted by molar-refractivity contribution is 6.35. The molecule has 2 saturated heterocycles. The Balaban J connectivity index is 1.35. The van der Waals surface area contributed by atoms with Crippen LogP contribution in [0.3, 0.4) is 0 Å². The van der Waals surface area contributed by atoms with Gasteiger partial charge in [0, 0.05) is 47.0 Å². The maximum Gasteiger partial charge on any atom is 0.251 e. The van der Waals surface area contributed by atoms with Gasteiger partial charge in [0.2, 0.25) is 0 Å². The van der Waals surface area contributed by atoms with Crippen LogP contribution in [-0.2, 0) is 11.2 Å². The number of benzene rings is 2. The number of carbonyl (C=O) groups excluding carboxylic acids is 1. The van der Waals surface area contributed by atoms with Gasteiger partial charge in [-0.25, -0.2) is 0 Å². The van der Waals surface area contributed by atoms with Crippen molar-refractivity contribution >= 4 is 34.8 Å². The zero-order valence-corrected chi connectivity index (χ0v) is 20.8. The van der Waals surface area contributed by atoms with E-state index in [1.165, 1.54) is 12.8 Å². The normalized spacial score (nSPS) is 19.1. The van der Waals surface area contributed by atoms with Crippen molar-refractivity contribution in [1.29, 1.82) is 0 Å². The van der Waals surface area contributed by atoms with E-state index in [0.29, 0.717) is 34.6 Å². The molecule has 0 bridgehead atoms. The summed E-state index contributed by atoms with van der Waals surface area (Å²) < 4.78 is 5.53. The van der Waals surface area contributed by atoms with Crippen molar-refractivity contribution in [2.75, 3.05) is 44.7 Å². The molecule has 182 valence electrons.